The van der Waals surface area contributed by atoms with Crippen LogP contribution >= 0.6 is 0 Å². The molecule has 0 unspecified atom stereocenters. The van der Waals surface area contributed by atoms with E-state index in [2.05, 4.69) is 0 Å². The maximum atomic E-state index is 12.2. The molecule has 6 nitrogen and oxygen atoms in total. The predicted octanol–water partition coefficient (Wildman–Crippen LogP) is 0.0260. The first-order chi connectivity index (χ1) is 8.66. The molecule has 2 aliphatic heterocycles. The van der Waals surface area contributed by atoms with Gasteiger partial charge in [-0.05, 0) is 18.8 Å². The number of carbonyl (C=O) groups excluding carboxylic acids is 2. The minimum Gasteiger partial charge on any atom is -0.378 e. The van der Waals surface area contributed by atoms with Crippen LogP contribution in [0.3, 0.4) is 0 Å². The van der Waals surface area contributed by atoms with Crippen molar-refractivity contribution in [3.8, 4) is 0 Å². The van der Waals surface area contributed by atoms with E-state index < -0.39 is 0 Å². The lowest BCUT2D eigenvalue weighted by Crippen LogP contribution is -2.50. The molecule has 0 spiro atoms. The van der Waals surface area contributed by atoms with Crippen LogP contribution in [0.2, 0.25) is 0 Å². The van der Waals surface area contributed by atoms with E-state index in [0.29, 0.717) is 38.6 Å². The van der Waals surface area contributed by atoms with Crippen LogP contribution in [0.25, 0.3) is 0 Å². The molecule has 0 bridgehead atoms. The van der Waals surface area contributed by atoms with Gasteiger partial charge in [0.15, 0.2) is 0 Å². The summed E-state index contributed by atoms with van der Waals surface area (Å²) in [5.74, 6) is 0.101. The molecule has 3 amide bonds. The summed E-state index contributed by atoms with van der Waals surface area (Å²) in [6.45, 7) is 4.08. The molecule has 0 radical (unpaired) electrons. The number of primary amides is 1. The number of rotatable bonds is 2. The van der Waals surface area contributed by atoms with Gasteiger partial charge in [0, 0.05) is 32.6 Å². The van der Waals surface area contributed by atoms with Crippen molar-refractivity contribution in [2.24, 2.45) is 11.7 Å². The van der Waals surface area contributed by atoms with Gasteiger partial charge in [0.2, 0.25) is 5.91 Å². The Kier molecular flexibility index (Phi) is 4.41. The van der Waals surface area contributed by atoms with Gasteiger partial charge in [0.25, 0.3) is 0 Å². The second-order valence-corrected chi connectivity index (χ2v) is 4.98. The third-order valence-electron chi connectivity index (χ3n) is 3.66. The van der Waals surface area contributed by atoms with E-state index in [-0.39, 0.29) is 11.9 Å². The molecule has 2 saturated heterocycles. The molecule has 0 aromatic rings. The van der Waals surface area contributed by atoms with Crippen molar-refractivity contribution in [3.05, 3.63) is 0 Å². The van der Waals surface area contributed by atoms with Crippen LogP contribution in [0.15, 0.2) is 0 Å². The zero-order valence-electron chi connectivity index (χ0n) is 10.6. The lowest BCUT2D eigenvalue weighted by atomic mass is 9.93. The fourth-order valence-electron chi connectivity index (χ4n) is 2.57. The van der Waals surface area contributed by atoms with Gasteiger partial charge >= 0.3 is 6.03 Å². The molecule has 2 N–H and O–H groups in total. The maximum absolute atomic E-state index is 12.2. The Morgan fingerprint density at radius 1 is 1.06 bits per heavy atom. The molecule has 0 aromatic heterocycles. The van der Waals surface area contributed by atoms with E-state index >= 15 is 0 Å². The first kappa shape index (κ1) is 13.1. The van der Waals surface area contributed by atoms with Crippen LogP contribution in [-0.4, -0.2) is 61.1 Å². The van der Waals surface area contributed by atoms with Crippen molar-refractivity contribution < 1.29 is 14.3 Å². The number of amides is 3. The Balaban J connectivity index is 1.78. The second-order valence-electron chi connectivity index (χ2n) is 4.98. The topological polar surface area (TPSA) is 75.9 Å². The van der Waals surface area contributed by atoms with Crippen molar-refractivity contribution in [1.29, 1.82) is 0 Å². The third-order valence-corrected chi connectivity index (χ3v) is 3.66. The molecular formula is C12H21N3O3. The number of ether oxygens (including phenoxy) is 1. The Labute approximate surface area is 107 Å². The predicted molar refractivity (Wildman–Crippen MR) is 65.9 cm³/mol. The number of urea groups is 1. The molecule has 102 valence electrons. The Bertz CT molecular complexity index is 308. The lowest BCUT2D eigenvalue weighted by Gasteiger charge is -2.36. The molecule has 0 aliphatic carbocycles. The SMILES string of the molecule is NC(=O)CC1CCN(C(=O)N2CCOCC2)CC1. The van der Waals surface area contributed by atoms with Crippen molar-refractivity contribution >= 4 is 11.9 Å². The van der Waals surface area contributed by atoms with E-state index in [1.54, 1.807) is 0 Å². The summed E-state index contributed by atoms with van der Waals surface area (Å²) in [4.78, 5) is 26.8. The number of morpholine rings is 1. The molecule has 2 aliphatic rings. The fraction of sp³-hybridized carbons (Fsp3) is 0.833. The smallest absolute Gasteiger partial charge is 0.320 e. The minimum atomic E-state index is -0.243. The summed E-state index contributed by atoms with van der Waals surface area (Å²) in [5.41, 5.74) is 5.19. The highest BCUT2D eigenvalue weighted by Crippen LogP contribution is 2.21. The van der Waals surface area contributed by atoms with E-state index in [4.69, 9.17) is 10.5 Å². The normalized spacial score (nSPS) is 22.0. The molecule has 0 saturated carbocycles. The van der Waals surface area contributed by atoms with Gasteiger partial charge in [0.1, 0.15) is 0 Å². The summed E-state index contributed by atoms with van der Waals surface area (Å²) in [6, 6.07) is 0.107. The van der Waals surface area contributed by atoms with Crippen molar-refractivity contribution in [2.45, 2.75) is 19.3 Å². The van der Waals surface area contributed by atoms with E-state index in [1.165, 1.54) is 0 Å². The number of piperidine rings is 1. The zero-order chi connectivity index (χ0) is 13.0. The second kappa shape index (κ2) is 6.04. The van der Waals surface area contributed by atoms with Crippen LogP contribution in [-0.2, 0) is 9.53 Å². The van der Waals surface area contributed by atoms with Crippen LogP contribution in [0.5, 0.6) is 0 Å². The quantitative estimate of drug-likeness (QED) is 0.756. The minimum absolute atomic E-state index is 0.107. The average Bonchev–Trinajstić information content (AvgIpc) is 2.39. The van der Waals surface area contributed by atoms with Crippen molar-refractivity contribution in [1.82, 2.24) is 9.80 Å². The molecule has 0 atom stereocenters. The summed E-state index contributed by atoms with van der Waals surface area (Å²) in [7, 11) is 0. The molecule has 2 fully saturated rings. The molecule has 2 heterocycles. The summed E-state index contributed by atoms with van der Waals surface area (Å²) in [6.07, 6.45) is 2.19. The number of hydrogen-bond donors (Lipinski definition) is 1. The van der Waals surface area contributed by atoms with Gasteiger partial charge < -0.3 is 20.3 Å². The highest BCUT2D eigenvalue weighted by Gasteiger charge is 2.27. The summed E-state index contributed by atoms with van der Waals surface area (Å²) < 4.78 is 5.23. The number of hydrogen-bond acceptors (Lipinski definition) is 3. The maximum Gasteiger partial charge on any atom is 0.320 e. The summed E-state index contributed by atoms with van der Waals surface area (Å²) >= 11 is 0. The lowest BCUT2D eigenvalue weighted by molar-refractivity contribution is -0.119. The third kappa shape index (κ3) is 3.35. The number of nitrogens with zero attached hydrogens (tertiary/aromatic N) is 2. The van der Waals surface area contributed by atoms with Gasteiger partial charge in [-0.1, -0.05) is 0 Å². The number of nitrogens with two attached hydrogens (primary N) is 1. The van der Waals surface area contributed by atoms with Crippen LogP contribution in [0, 0.1) is 5.92 Å². The van der Waals surface area contributed by atoms with E-state index in [0.717, 1.165) is 25.9 Å². The first-order valence-electron chi connectivity index (χ1n) is 6.56. The van der Waals surface area contributed by atoms with Gasteiger partial charge in [0.05, 0.1) is 13.2 Å². The fourth-order valence-corrected chi connectivity index (χ4v) is 2.57. The van der Waals surface area contributed by atoms with Gasteiger partial charge in [-0.3, -0.25) is 4.79 Å². The molecule has 18 heavy (non-hydrogen) atoms. The van der Waals surface area contributed by atoms with Gasteiger partial charge in [-0.25, -0.2) is 4.79 Å². The van der Waals surface area contributed by atoms with Crippen LogP contribution in [0.4, 0.5) is 4.79 Å². The van der Waals surface area contributed by atoms with Gasteiger partial charge in [-0.15, -0.1) is 0 Å². The molecule has 0 aromatic carbocycles. The van der Waals surface area contributed by atoms with E-state index in [1.807, 2.05) is 9.80 Å². The molecule has 2 rings (SSSR count). The van der Waals surface area contributed by atoms with E-state index in [9.17, 15) is 9.59 Å². The van der Waals surface area contributed by atoms with Crippen LogP contribution in [0.1, 0.15) is 19.3 Å². The van der Waals surface area contributed by atoms with Gasteiger partial charge in [-0.2, -0.15) is 0 Å². The molecule has 6 heteroatoms. The highest BCUT2D eigenvalue weighted by molar-refractivity contribution is 5.75. The molecular weight excluding hydrogens is 234 g/mol. The standard InChI is InChI=1S/C12H21N3O3/c13-11(16)9-10-1-3-14(4-2-10)12(17)15-5-7-18-8-6-15/h10H,1-9H2,(H2,13,16). The Morgan fingerprint density at radius 3 is 2.17 bits per heavy atom. The first-order valence-corrected chi connectivity index (χ1v) is 6.56. The summed E-state index contributed by atoms with van der Waals surface area (Å²) in [5, 5.41) is 0. The van der Waals surface area contributed by atoms with Crippen molar-refractivity contribution in [2.75, 3.05) is 39.4 Å². The number of likely N-dealkylation sites (tertiary alicyclic amines) is 1. The zero-order valence-corrected chi connectivity index (χ0v) is 10.6. The monoisotopic (exact) mass is 255 g/mol. The average molecular weight is 255 g/mol. The highest BCUT2D eigenvalue weighted by atomic mass is 16.5. The largest absolute Gasteiger partial charge is 0.378 e. The number of carbonyl (C=O) groups is 2. The van der Waals surface area contributed by atoms with Crippen LogP contribution < -0.4 is 5.73 Å². The Hall–Kier alpha value is -1.30. The van der Waals surface area contributed by atoms with Crippen molar-refractivity contribution in [3.63, 3.8) is 0 Å². The Morgan fingerprint density at radius 2 is 1.61 bits per heavy atom.